The third-order valence-corrected chi connectivity index (χ3v) is 4.60. The van der Waals surface area contributed by atoms with Crippen LogP contribution in [0.5, 0.6) is 0 Å². The summed E-state index contributed by atoms with van der Waals surface area (Å²) in [5, 5.41) is 2.80. The van der Waals surface area contributed by atoms with E-state index in [0.29, 0.717) is 6.54 Å². The lowest BCUT2D eigenvalue weighted by Gasteiger charge is -2.38. The zero-order valence-electron chi connectivity index (χ0n) is 15.0. The summed E-state index contributed by atoms with van der Waals surface area (Å²) in [6, 6.07) is 12.1. The van der Waals surface area contributed by atoms with Gasteiger partial charge in [0, 0.05) is 31.0 Å². The average molecular weight is 339 g/mol. The van der Waals surface area contributed by atoms with Crippen molar-refractivity contribution in [3.63, 3.8) is 0 Å². The third-order valence-electron chi connectivity index (χ3n) is 4.60. The van der Waals surface area contributed by atoms with E-state index in [0.717, 1.165) is 23.4 Å². The van der Waals surface area contributed by atoms with Gasteiger partial charge in [0.1, 0.15) is 6.42 Å². The van der Waals surface area contributed by atoms with Crippen molar-refractivity contribution < 1.29 is 9.59 Å². The fraction of sp³-hybridized carbons (Fsp3) is 0.400. The van der Waals surface area contributed by atoms with Crippen molar-refractivity contribution >= 4 is 11.8 Å². The Bertz CT molecular complexity index is 779. The highest BCUT2D eigenvalue weighted by Crippen LogP contribution is 2.34. The maximum Gasteiger partial charge on any atom is 0.232 e. The van der Waals surface area contributed by atoms with Crippen molar-refractivity contribution in [2.24, 2.45) is 0 Å². The predicted octanol–water partition coefficient (Wildman–Crippen LogP) is 2.64. The van der Waals surface area contributed by atoms with E-state index in [1.807, 2.05) is 43.1 Å². The van der Waals surface area contributed by atoms with Crippen LogP contribution in [0.25, 0.3) is 0 Å². The van der Waals surface area contributed by atoms with E-state index < -0.39 is 0 Å². The number of rotatable bonds is 4. The van der Waals surface area contributed by atoms with Crippen molar-refractivity contribution in [1.29, 1.82) is 0 Å². The molecule has 1 aliphatic heterocycles. The highest BCUT2D eigenvalue weighted by molar-refractivity contribution is 5.97. The zero-order valence-corrected chi connectivity index (χ0v) is 15.0. The molecule has 0 radical (unpaired) electrons. The molecule has 2 aromatic rings. The monoisotopic (exact) mass is 339 g/mol. The van der Waals surface area contributed by atoms with Gasteiger partial charge in [-0.25, -0.2) is 0 Å². The Labute approximate surface area is 148 Å². The van der Waals surface area contributed by atoms with Crippen LogP contribution in [0.3, 0.4) is 0 Å². The number of carbonyl (C=O) groups is 2. The lowest BCUT2D eigenvalue weighted by Crippen LogP contribution is -2.44. The number of aryl methyl sites for hydroxylation is 1. The Morgan fingerprint density at radius 2 is 1.92 bits per heavy atom. The molecule has 1 aliphatic rings. The first-order valence-corrected chi connectivity index (χ1v) is 8.76. The Hall–Kier alpha value is -2.56. The maximum atomic E-state index is 12.9. The number of fused-ring (bicyclic) bond motifs is 1. The van der Waals surface area contributed by atoms with Gasteiger partial charge in [-0.05, 0) is 44.0 Å². The molecule has 1 N–H and O–H groups in total. The number of nitrogens with zero attached hydrogens (tertiary/aromatic N) is 2. The van der Waals surface area contributed by atoms with Crippen molar-refractivity contribution in [3.05, 3.63) is 59.4 Å². The minimum atomic E-state index is -0.218. The van der Waals surface area contributed by atoms with Gasteiger partial charge in [-0.15, -0.1) is 0 Å². The van der Waals surface area contributed by atoms with Crippen molar-refractivity contribution in [3.8, 4) is 0 Å². The fourth-order valence-corrected chi connectivity index (χ4v) is 3.48. The largest absolute Gasteiger partial charge is 0.353 e. The smallest absolute Gasteiger partial charge is 0.232 e. The number of carbonyl (C=O) groups excluding carboxylic acids is 2. The number of hydrogen-bond donors (Lipinski definition) is 1. The summed E-state index contributed by atoms with van der Waals surface area (Å²) in [4.78, 5) is 26.8. The van der Waals surface area contributed by atoms with E-state index in [-0.39, 0.29) is 30.3 Å². The molecule has 1 unspecified atom stereocenters. The van der Waals surface area contributed by atoms with Gasteiger partial charge in [0.2, 0.25) is 11.8 Å². The quantitative estimate of drug-likeness (QED) is 0.871. The van der Waals surface area contributed by atoms with Crippen LogP contribution in [0, 0.1) is 6.92 Å². The summed E-state index contributed by atoms with van der Waals surface area (Å²) in [6.45, 7) is 7.21. The second-order valence-corrected chi connectivity index (χ2v) is 6.87. The van der Waals surface area contributed by atoms with E-state index >= 15 is 0 Å². The minimum absolute atomic E-state index is 0.0334. The summed E-state index contributed by atoms with van der Waals surface area (Å²) < 4.78 is 2.19. The van der Waals surface area contributed by atoms with Gasteiger partial charge in [0.25, 0.3) is 0 Å². The first kappa shape index (κ1) is 17.3. The molecule has 0 saturated carbocycles. The first-order chi connectivity index (χ1) is 12.0. The molecule has 25 heavy (non-hydrogen) atoms. The molecule has 2 heterocycles. The van der Waals surface area contributed by atoms with Gasteiger partial charge >= 0.3 is 0 Å². The van der Waals surface area contributed by atoms with E-state index in [9.17, 15) is 9.59 Å². The molecule has 0 saturated heterocycles. The molecule has 3 rings (SSSR count). The standard InChI is InChI=1S/C20H25N3O2/c1-14(2)21-18(24)13-19(25)23-12-11-22-10-6-9-17(22)20(23)16-8-5-4-7-15(16)3/h4-10,14,20H,11-13H2,1-3H3,(H,21,24). The van der Waals surface area contributed by atoms with Gasteiger partial charge in [-0.2, -0.15) is 0 Å². The SMILES string of the molecule is Cc1ccccc1C1c2cccn2CCN1C(=O)CC(=O)NC(C)C. The molecule has 1 aromatic heterocycles. The molecule has 2 amide bonds. The summed E-state index contributed by atoms with van der Waals surface area (Å²) in [5.41, 5.74) is 3.35. The molecule has 1 atom stereocenters. The zero-order chi connectivity index (χ0) is 18.0. The Kier molecular flexibility index (Phi) is 4.93. The molecular weight excluding hydrogens is 314 g/mol. The van der Waals surface area contributed by atoms with Gasteiger partial charge in [0.05, 0.1) is 6.04 Å². The van der Waals surface area contributed by atoms with E-state index in [1.54, 1.807) is 0 Å². The van der Waals surface area contributed by atoms with Crippen LogP contribution in [0.15, 0.2) is 42.6 Å². The molecule has 5 heteroatoms. The number of benzene rings is 1. The Morgan fingerprint density at radius 1 is 1.16 bits per heavy atom. The normalized spacial score (nSPS) is 16.6. The van der Waals surface area contributed by atoms with Gasteiger partial charge < -0.3 is 14.8 Å². The van der Waals surface area contributed by atoms with Crippen molar-refractivity contribution in [2.45, 2.75) is 45.8 Å². The van der Waals surface area contributed by atoms with E-state index in [2.05, 4.69) is 35.0 Å². The summed E-state index contributed by atoms with van der Waals surface area (Å²) >= 11 is 0. The maximum absolute atomic E-state index is 12.9. The third kappa shape index (κ3) is 3.60. The second kappa shape index (κ2) is 7.13. The van der Waals surface area contributed by atoms with Crippen LogP contribution < -0.4 is 5.32 Å². The highest BCUT2D eigenvalue weighted by Gasteiger charge is 2.33. The number of amides is 2. The molecule has 0 bridgehead atoms. The lowest BCUT2D eigenvalue weighted by atomic mass is 9.95. The number of aromatic nitrogens is 1. The van der Waals surface area contributed by atoms with E-state index in [1.165, 1.54) is 0 Å². The van der Waals surface area contributed by atoms with Crippen LogP contribution in [0.4, 0.5) is 0 Å². The fourth-order valence-electron chi connectivity index (χ4n) is 3.48. The summed E-state index contributed by atoms with van der Waals surface area (Å²) in [7, 11) is 0. The van der Waals surface area contributed by atoms with Gasteiger partial charge in [-0.1, -0.05) is 24.3 Å². The van der Waals surface area contributed by atoms with Crippen LogP contribution in [-0.4, -0.2) is 33.9 Å². The summed E-state index contributed by atoms with van der Waals surface area (Å²) in [5.74, 6) is -0.344. The Morgan fingerprint density at radius 3 is 2.64 bits per heavy atom. The molecular formula is C20H25N3O2. The first-order valence-electron chi connectivity index (χ1n) is 8.76. The highest BCUT2D eigenvalue weighted by atomic mass is 16.2. The minimum Gasteiger partial charge on any atom is -0.353 e. The van der Waals surface area contributed by atoms with Crippen molar-refractivity contribution in [2.75, 3.05) is 6.54 Å². The molecule has 132 valence electrons. The second-order valence-electron chi connectivity index (χ2n) is 6.87. The molecule has 0 fully saturated rings. The van der Waals surface area contributed by atoms with Crippen molar-refractivity contribution in [1.82, 2.24) is 14.8 Å². The molecule has 5 nitrogen and oxygen atoms in total. The van der Waals surface area contributed by atoms with Crippen LogP contribution >= 0.6 is 0 Å². The lowest BCUT2D eigenvalue weighted by molar-refractivity contribution is -0.138. The topological polar surface area (TPSA) is 54.3 Å². The van der Waals surface area contributed by atoms with Crippen LogP contribution in [0.1, 0.15) is 43.1 Å². The van der Waals surface area contributed by atoms with Crippen LogP contribution in [0.2, 0.25) is 0 Å². The number of nitrogens with one attached hydrogen (secondary N) is 1. The van der Waals surface area contributed by atoms with Crippen LogP contribution in [-0.2, 0) is 16.1 Å². The predicted molar refractivity (Wildman–Crippen MR) is 97.1 cm³/mol. The molecule has 0 aliphatic carbocycles. The molecule has 1 aromatic carbocycles. The van der Waals surface area contributed by atoms with Gasteiger partial charge in [0.15, 0.2) is 0 Å². The Balaban J connectivity index is 1.91. The van der Waals surface area contributed by atoms with E-state index in [4.69, 9.17) is 0 Å². The molecule has 0 spiro atoms. The van der Waals surface area contributed by atoms with Gasteiger partial charge in [-0.3, -0.25) is 9.59 Å². The summed E-state index contributed by atoms with van der Waals surface area (Å²) in [6.07, 6.45) is 1.94. The number of hydrogen-bond acceptors (Lipinski definition) is 2. The average Bonchev–Trinajstić information content (AvgIpc) is 3.02.